The quantitative estimate of drug-likeness (QED) is 0.0991. The van der Waals surface area contributed by atoms with Gasteiger partial charge in [-0.1, -0.05) is 42.5 Å². The van der Waals surface area contributed by atoms with E-state index in [0.29, 0.717) is 36.1 Å². The second kappa shape index (κ2) is 13.0. The number of aromatic amines is 1. The molecule has 0 aliphatic heterocycles. The maximum Gasteiger partial charge on any atom is 0.393 e. The van der Waals surface area contributed by atoms with Gasteiger partial charge in [-0.3, -0.25) is 9.89 Å². The van der Waals surface area contributed by atoms with Crippen molar-refractivity contribution in [1.82, 2.24) is 25.5 Å². The number of H-pyrrole nitrogens is 1. The number of unbranched alkanes of at least 4 members (excludes halogenated alkanes) is 2. The number of fused-ring (bicyclic) bond motifs is 1. The van der Waals surface area contributed by atoms with Gasteiger partial charge in [-0.25, -0.2) is 9.97 Å². The van der Waals surface area contributed by atoms with Crippen LogP contribution in [0.25, 0.3) is 22.0 Å². The molecule has 2 aromatic carbocycles. The van der Waals surface area contributed by atoms with Crippen molar-refractivity contribution in [1.29, 1.82) is 0 Å². The summed E-state index contributed by atoms with van der Waals surface area (Å²) in [5, 5.41) is 8.77. The molecule has 7 nitrogen and oxygen atoms in total. The Morgan fingerprint density at radius 1 is 1.05 bits per heavy atom. The Labute approximate surface area is 228 Å². The average molecular weight is 554 g/mol. The Kier molecular flexibility index (Phi) is 9.26. The van der Waals surface area contributed by atoms with Crippen LogP contribution >= 0.6 is 0 Å². The fourth-order valence-corrected chi connectivity index (χ4v) is 4.12. The third-order valence-electron chi connectivity index (χ3n) is 6.01. The number of carbonyl (C=O) groups is 1. The molecule has 0 radical (unpaired) electrons. The van der Waals surface area contributed by atoms with E-state index in [2.05, 4.69) is 25.5 Å². The minimum Gasteiger partial charge on any atom is -0.477 e. The SMILES string of the molecule is CNC(=O)/C=C/CCCCOc1cnc(/C(=C(/CC(F)(F)F)c2ccccc2)c2ccc3n[nH]c(F)c3c2)cn1. The maximum atomic E-state index is 14.3. The number of amides is 1. The standard InChI is InChI=1S/C29H27F4N5O2/c1-34-25(39)11-7-2-3-8-14-40-26-18-35-24(17-36-26)27(20-12-13-23-21(15-20)28(30)38-37-23)22(16-29(31,32)33)19-9-5-4-6-10-19/h4-7,9-13,15,17-18H,2-3,8,14,16H2,1H3,(H,34,39)(H,37,38)/b11-7+,27-22-. The van der Waals surface area contributed by atoms with Gasteiger partial charge in [-0.05, 0) is 54.2 Å². The summed E-state index contributed by atoms with van der Waals surface area (Å²) in [6, 6.07) is 12.8. The van der Waals surface area contributed by atoms with Crippen molar-refractivity contribution in [2.24, 2.45) is 0 Å². The molecule has 208 valence electrons. The van der Waals surface area contributed by atoms with Gasteiger partial charge in [-0.2, -0.15) is 22.7 Å². The zero-order valence-electron chi connectivity index (χ0n) is 21.6. The second-order valence-corrected chi connectivity index (χ2v) is 8.88. The van der Waals surface area contributed by atoms with Crippen molar-refractivity contribution in [2.45, 2.75) is 31.9 Å². The summed E-state index contributed by atoms with van der Waals surface area (Å²) >= 11 is 0. The van der Waals surface area contributed by atoms with Crippen molar-refractivity contribution in [3.05, 3.63) is 95.8 Å². The zero-order valence-corrected chi connectivity index (χ0v) is 21.6. The number of rotatable bonds is 11. The highest BCUT2D eigenvalue weighted by Crippen LogP contribution is 2.39. The van der Waals surface area contributed by atoms with E-state index in [4.69, 9.17) is 4.74 Å². The zero-order chi connectivity index (χ0) is 28.5. The monoisotopic (exact) mass is 553 g/mol. The number of halogens is 4. The summed E-state index contributed by atoms with van der Waals surface area (Å²) < 4.78 is 61.5. The van der Waals surface area contributed by atoms with Crippen LogP contribution in [0.3, 0.4) is 0 Å². The molecule has 4 aromatic rings. The fourth-order valence-electron chi connectivity index (χ4n) is 4.12. The van der Waals surface area contributed by atoms with Crippen LogP contribution in [0, 0.1) is 5.95 Å². The van der Waals surface area contributed by atoms with E-state index in [9.17, 15) is 22.4 Å². The molecule has 0 aliphatic rings. The van der Waals surface area contributed by atoms with Gasteiger partial charge < -0.3 is 10.1 Å². The molecule has 0 bridgehead atoms. The highest BCUT2D eigenvalue weighted by Gasteiger charge is 2.32. The number of likely N-dealkylation sites (N-methyl/N-ethyl adjacent to an activating group) is 1. The lowest BCUT2D eigenvalue weighted by molar-refractivity contribution is -0.123. The highest BCUT2D eigenvalue weighted by atomic mass is 19.4. The molecular weight excluding hydrogens is 526 g/mol. The summed E-state index contributed by atoms with van der Waals surface area (Å²) in [6.07, 6.45) is 2.40. The van der Waals surface area contributed by atoms with Crippen molar-refractivity contribution >= 4 is 28.0 Å². The normalized spacial score (nSPS) is 12.5. The molecule has 0 saturated heterocycles. The lowest BCUT2D eigenvalue weighted by Gasteiger charge is -2.18. The molecule has 11 heteroatoms. The van der Waals surface area contributed by atoms with Crippen LogP contribution in [-0.4, -0.2) is 45.9 Å². The molecule has 1 amide bonds. The number of nitrogens with one attached hydrogen (secondary N) is 2. The van der Waals surface area contributed by atoms with E-state index in [-0.39, 0.29) is 34.0 Å². The molecule has 0 saturated carbocycles. The lowest BCUT2D eigenvalue weighted by atomic mass is 9.90. The minimum atomic E-state index is -4.52. The summed E-state index contributed by atoms with van der Waals surface area (Å²) in [7, 11) is 1.56. The van der Waals surface area contributed by atoms with E-state index in [1.54, 1.807) is 49.5 Å². The smallest absolute Gasteiger partial charge is 0.393 e. The second-order valence-electron chi connectivity index (χ2n) is 8.88. The first-order valence-corrected chi connectivity index (χ1v) is 12.6. The summed E-state index contributed by atoms with van der Waals surface area (Å²) in [4.78, 5) is 19.9. The van der Waals surface area contributed by atoms with Crippen LogP contribution in [0.5, 0.6) is 5.88 Å². The molecule has 40 heavy (non-hydrogen) atoms. The maximum absolute atomic E-state index is 14.3. The van der Waals surface area contributed by atoms with Gasteiger partial charge in [0, 0.05) is 12.6 Å². The number of aromatic nitrogens is 4. The first-order valence-electron chi connectivity index (χ1n) is 12.6. The Balaban J connectivity index is 1.64. The van der Waals surface area contributed by atoms with E-state index >= 15 is 0 Å². The Morgan fingerprint density at radius 2 is 1.85 bits per heavy atom. The number of benzene rings is 2. The number of hydrogen-bond donors (Lipinski definition) is 2. The summed E-state index contributed by atoms with van der Waals surface area (Å²) in [5.74, 6) is -0.634. The largest absolute Gasteiger partial charge is 0.477 e. The Morgan fingerprint density at radius 3 is 2.55 bits per heavy atom. The van der Waals surface area contributed by atoms with Crippen molar-refractivity contribution in [2.75, 3.05) is 13.7 Å². The first-order chi connectivity index (χ1) is 19.2. The van der Waals surface area contributed by atoms with E-state index < -0.39 is 18.5 Å². The van der Waals surface area contributed by atoms with Crippen molar-refractivity contribution in [3.63, 3.8) is 0 Å². The van der Waals surface area contributed by atoms with Crippen LogP contribution in [0.15, 0.2) is 73.1 Å². The van der Waals surface area contributed by atoms with Crippen LogP contribution in [0.1, 0.15) is 42.5 Å². The number of alkyl halides is 3. The van der Waals surface area contributed by atoms with Crippen LogP contribution in [0.2, 0.25) is 0 Å². The van der Waals surface area contributed by atoms with Gasteiger partial charge in [0.1, 0.15) is 0 Å². The number of allylic oxidation sites excluding steroid dienone is 2. The molecule has 2 aromatic heterocycles. The Hall–Kier alpha value is -4.54. The molecule has 2 N–H and O–H groups in total. The topological polar surface area (TPSA) is 92.8 Å². The third kappa shape index (κ3) is 7.52. The third-order valence-corrected chi connectivity index (χ3v) is 6.01. The van der Waals surface area contributed by atoms with E-state index in [1.165, 1.54) is 30.6 Å². The van der Waals surface area contributed by atoms with Crippen LogP contribution in [-0.2, 0) is 4.79 Å². The number of ether oxygens (including phenoxy) is 1. The predicted octanol–water partition coefficient (Wildman–Crippen LogP) is 6.25. The van der Waals surface area contributed by atoms with Crippen LogP contribution in [0.4, 0.5) is 17.6 Å². The minimum absolute atomic E-state index is 0.0240. The molecule has 2 heterocycles. The molecule has 4 rings (SSSR count). The highest BCUT2D eigenvalue weighted by molar-refractivity contribution is 5.99. The first kappa shape index (κ1) is 28.5. The van der Waals surface area contributed by atoms with Gasteiger partial charge in [0.25, 0.3) is 0 Å². The molecule has 0 aliphatic carbocycles. The molecule has 0 fully saturated rings. The number of carbonyl (C=O) groups excluding carboxylic acids is 1. The number of nitrogens with zero attached hydrogens (tertiary/aromatic N) is 3. The average Bonchev–Trinajstić information content (AvgIpc) is 3.32. The van der Waals surface area contributed by atoms with Crippen molar-refractivity contribution < 1.29 is 27.1 Å². The fraction of sp³-hybridized carbons (Fsp3) is 0.241. The van der Waals surface area contributed by atoms with Gasteiger partial charge in [0.05, 0.1) is 42.0 Å². The van der Waals surface area contributed by atoms with Gasteiger partial charge in [0.15, 0.2) is 0 Å². The van der Waals surface area contributed by atoms with Gasteiger partial charge in [-0.15, -0.1) is 0 Å². The predicted molar refractivity (Wildman–Crippen MR) is 144 cm³/mol. The molecular formula is C29H27F4N5O2. The molecule has 0 unspecified atom stereocenters. The van der Waals surface area contributed by atoms with Gasteiger partial charge in [0.2, 0.25) is 17.7 Å². The van der Waals surface area contributed by atoms with E-state index in [0.717, 1.165) is 6.42 Å². The van der Waals surface area contributed by atoms with Gasteiger partial charge >= 0.3 is 6.18 Å². The molecule has 0 atom stereocenters. The molecule has 0 spiro atoms. The van der Waals surface area contributed by atoms with Crippen LogP contribution < -0.4 is 10.1 Å². The van der Waals surface area contributed by atoms with Crippen molar-refractivity contribution in [3.8, 4) is 5.88 Å². The lowest BCUT2D eigenvalue weighted by Crippen LogP contribution is -2.13. The summed E-state index contributed by atoms with van der Waals surface area (Å²) in [6.45, 7) is 0.351. The summed E-state index contributed by atoms with van der Waals surface area (Å²) in [5.41, 5.74) is 1.37. The number of hydrogen-bond acceptors (Lipinski definition) is 5. The van der Waals surface area contributed by atoms with E-state index in [1.807, 2.05) is 0 Å². The Bertz CT molecular complexity index is 1500.